The molecule has 162 valence electrons. The fraction of sp³-hybridized carbons (Fsp3) is 0.500. The molecule has 1 amide bonds. The van der Waals surface area contributed by atoms with Gasteiger partial charge in [0.25, 0.3) is 0 Å². The zero-order valence-electron chi connectivity index (χ0n) is 18.5. The molecule has 30 heavy (non-hydrogen) atoms. The van der Waals surface area contributed by atoms with Crippen LogP contribution in [0.3, 0.4) is 0 Å². The number of hydrogen-bond acceptors (Lipinski definition) is 5. The minimum atomic E-state index is -0.458. The van der Waals surface area contributed by atoms with Crippen molar-refractivity contribution in [3.8, 4) is 11.5 Å². The Bertz CT molecular complexity index is 812. The largest absolute Gasteiger partial charge is 0.455 e. The first-order valence-electron chi connectivity index (χ1n) is 10.6. The van der Waals surface area contributed by atoms with E-state index in [1.807, 2.05) is 58.2 Å². The number of rotatable bonds is 6. The van der Waals surface area contributed by atoms with E-state index in [0.29, 0.717) is 5.92 Å². The van der Waals surface area contributed by atoms with E-state index in [-0.39, 0.29) is 6.09 Å². The molecule has 1 aromatic carbocycles. The second-order valence-corrected chi connectivity index (χ2v) is 8.98. The number of para-hydroxylation sites is 1. The van der Waals surface area contributed by atoms with Crippen molar-refractivity contribution in [2.45, 2.75) is 45.8 Å². The van der Waals surface area contributed by atoms with Crippen LogP contribution in [0.4, 0.5) is 4.79 Å². The molecule has 1 saturated heterocycles. The van der Waals surface area contributed by atoms with Crippen LogP contribution in [0.25, 0.3) is 0 Å². The molecule has 0 unspecified atom stereocenters. The molecule has 0 spiro atoms. The summed E-state index contributed by atoms with van der Waals surface area (Å²) in [7, 11) is 1.83. The maximum atomic E-state index is 12.2. The van der Waals surface area contributed by atoms with Crippen molar-refractivity contribution >= 4 is 6.09 Å². The van der Waals surface area contributed by atoms with Crippen molar-refractivity contribution in [3.05, 3.63) is 54.4 Å². The Hall–Kier alpha value is -2.60. The lowest BCUT2D eigenvalue weighted by molar-refractivity contribution is 0.0248. The molecule has 3 rings (SSSR count). The molecular weight excluding hydrogens is 378 g/mol. The molecule has 1 aliphatic heterocycles. The number of likely N-dealkylation sites (tertiary alicyclic amines) is 1. The first-order chi connectivity index (χ1) is 14.3. The number of carbonyl (C=O) groups excluding carboxylic acids is 1. The highest BCUT2D eigenvalue weighted by atomic mass is 16.6. The normalized spacial score (nSPS) is 15.6. The van der Waals surface area contributed by atoms with Gasteiger partial charge in [0.1, 0.15) is 17.1 Å². The number of pyridine rings is 1. The minimum absolute atomic E-state index is 0.244. The van der Waals surface area contributed by atoms with Gasteiger partial charge in [-0.2, -0.15) is 0 Å². The van der Waals surface area contributed by atoms with Gasteiger partial charge in [-0.1, -0.05) is 18.2 Å². The summed E-state index contributed by atoms with van der Waals surface area (Å²) >= 11 is 0. The van der Waals surface area contributed by atoms with Crippen LogP contribution in [0.2, 0.25) is 0 Å². The Kier molecular flexibility index (Phi) is 7.32. The molecule has 0 aliphatic carbocycles. The predicted molar refractivity (Wildman–Crippen MR) is 118 cm³/mol. The number of ether oxygens (including phenoxy) is 2. The van der Waals surface area contributed by atoms with Crippen LogP contribution in [-0.2, 0) is 11.3 Å². The standard InChI is InChI=1S/C24H33N3O3/c1-24(2,3)30-23(28)26(4)17-19-11-14-27(15-12-19)18-20-8-5-6-10-22(20)29-21-9-7-13-25-16-21/h5-10,13,16,19H,11-12,14-15,17-18H2,1-4H3. The number of piperidine rings is 1. The summed E-state index contributed by atoms with van der Waals surface area (Å²) in [5, 5.41) is 0. The maximum Gasteiger partial charge on any atom is 0.410 e. The Morgan fingerprint density at radius 3 is 2.57 bits per heavy atom. The van der Waals surface area contributed by atoms with E-state index in [1.165, 1.54) is 5.56 Å². The average molecular weight is 412 g/mol. The molecule has 1 aliphatic rings. The van der Waals surface area contributed by atoms with Crippen LogP contribution in [0.5, 0.6) is 11.5 Å². The second kappa shape index (κ2) is 9.94. The summed E-state index contributed by atoms with van der Waals surface area (Å²) in [6.45, 7) is 9.30. The molecule has 0 radical (unpaired) electrons. The van der Waals surface area contributed by atoms with Gasteiger partial charge in [0.15, 0.2) is 0 Å². The van der Waals surface area contributed by atoms with Gasteiger partial charge in [-0.15, -0.1) is 0 Å². The van der Waals surface area contributed by atoms with Gasteiger partial charge in [-0.3, -0.25) is 9.88 Å². The second-order valence-electron chi connectivity index (χ2n) is 8.98. The molecule has 6 nitrogen and oxygen atoms in total. The van der Waals surface area contributed by atoms with Crippen molar-refractivity contribution in [1.82, 2.24) is 14.8 Å². The van der Waals surface area contributed by atoms with Crippen LogP contribution in [0.1, 0.15) is 39.2 Å². The maximum absolute atomic E-state index is 12.2. The first kappa shape index (κ1) is 22.1. The Labute approximate surface area is 179 Å². The fourth-order valence-corrected chi connectivity index (χ4v) is 3.64. The van der Waals surface area contributed by atoms with Crippen molar-refractivity contribution in [1.29, 1.82) is 0 Å². The molecule has 2 heterocycles. The molecule has 1 aromatic heterocycles. The van der Waals surface area contributed by atoms with E-state index < -0.39 is 5.60 Å². The predicted octanol–water partition coefficient (Wildman–Crippen LogP) is 4.95. The quantitative estimate of drug-likeness (QED) is 0.673. The highest BCUT2D eigenvalue weighted by molar-refractivity contribution is 5.67. The highest BCUT2D eigenvalue weighted by Crippen LogP contribution is 2.27. The van der Waals surface area contributed by atoms with Crippen LogP contribution in [0.15, 0.2) is 48.8 Å². The molecular formula is C24H33N3O3. The van der Waals surface area contributed by atoms with Crippen molar-refractivity contribution in [3.63, 3.8) is 0 Å². The molecule has 0 atom stereocenters. The van der Waals surface area contributed by atoms with Gasteiger partial charge in [-0.05, 0) is 70.8 Å². The van der Waals surface area contributed by atoms with Crippen molar-refractivity contribution in [2.75, 3.05) is 26.7 Å². The van der Waals surface area contributed by atoms with E-state index in [1.54, 1.807) is 17.3 Å². The number of nitrogens with zero attached hydrogens (tertiary/aromatic N) is 3. The van der Waals surface area contributed by atoms with E-state index >= 15 is 0 Å². The molecule has 0 bridgehead atoms. The van der Waals surface area contributed by atoms with Gasteiger partial charge in [0, 0.05) is 31.9 Å². The van der Waals surface area contributed by atoms with E-state index in [4.69, 9.17) is 9.47 Å². The Morgan fingerprint density at radius 1 is 1.17 bits per heavy atom. The van der Waals surface area contributed by atoms with E-state index in [2.05, 4.69) is 16.0 Å². The van der Waals surface area contributed by atoms with Gasteiger partial charge >= 0.3 is 6.09 Å². The van der Waals surface area contributed by atoms with Gasteiger partial charge in [-0.25, -0.2) is 4.79 Å². The number of carbonyl (C=O) groups is 1. The SMILES string of the molecule is CN(CC1CCN(Cc2ccccc2Oc2cccnc2)CC1)C(=O)OC(C)(C)C. The number of benzene rings is 1. The topological polar surface area (TPSA) is 54.9 Å². The monoisotopic (exact) mass is 411 g/mol. The summed E-state index contributed by atoms with van der Waals surface area (Å²) in [6, 6.07) is 12.0. The average Bonchev–Trinajstić information content (AvgIpc) is 2.70. The van der Waals surface area contributed by atoms with Crippen LogP contribution < -0.4 is 4.74 Å². The summed E-state index contributed by atoms with van der Waals surface area (Å²) in [4.78, 5) is 20.5. The smallest absolute Gasteiger partial charge is 0.410 e. The fourth-order valence-electron chi connectivity index (χ4n) is 3.64. The summed E-state index contributed by atoms with van der Waals surface area (Å²) < 4.78 is 11.5. The van der Waals surface area contributed by atoms with Crippen molar-refractivity contribution in [2.24, 2.45) is 5.92 Å². The minimum Gasteiger partial charge on any atom is -0.455 e. The van der Waals surface area contributed by atoms with Crippen LogP contribution >= 0.6 is 0 Å². The zero-order chi connectivity index (χ0) is 21.6. The van der Waals surface area contributed by atoms with Gasteiger partial charge in [0.05, 0.1) is 6.20 Å². The third-order valence-corrected chi connectivity index (χ3v) is 5.17. The summed E-state index contributed by atoms with van der Waals surface area (Å²) in [5.41, 5.74) is 0.714. The first-order valence-corrected chi connectivity index (χ1v) is 10.6. The lowest BCUT2D eigenvalue weighted by Gasteiger charge is -2.34. The Morgan fingerprint density at radius 2 is 1.90 bits per heavy atom. The molecule has 0 saturated carbocycles. The zero-order valence-corrected chi connectivity index (χ0v) is 18.5. The number of hydrogen-bond donors (Lipinski definition) is 0. The third-order valence-electron chi connectivity index (χ3n) is 5.17. The van der Waals surface area contributed by atoms with Crippen LogP contribution in [0, 0.1) is 5.92 Å². The lowest BCUT2D eigenvalue weighted by Crippen LogP contribution is -2.41. The Balaban J connectivity index is 1.50. The van der Waals surface area contributed by atoms with Gasteiger partial charge in [0.2, 0.25) is 0 Å². The van der Waals surface area contributed by atoms with E-state index in [9.17, 15) is 4.79 Å². The summed E-state index contributed by atoms with van der Waals surface area (Å²) in [5.74, 6) is 2.12. The molecule has 6 heteroatoms. The van der Waals surface area contributed by atoms with Gasteiger partial charge < -0.3 is 14.4 Å². The molecule has 0 N–H and O–H groups in total. The number of amides is 1. The highest BCUT2D eigenvalue weighted by Gasteiger charge is 2.25. The van der Waals surface area contributed by atoms with Crippen molar-refractivity contribution < 1.29 is 14.3 Å². The number of aromatic nitrogens is 1. The van der Waals surface area contributed by atoms with Crippen LogP contribution in [-0.4, -0.2) is 53.2 Å². The molecule has 1 fully saturated rings. The third kappa shape index (κ3) is 6.73. The molecule has 2 aromatic rings. The van der Waals surface area contributed by atoms with E-state index in [0.717, 1.165) is 50.5 Å². The summed E-state index contributed by atoms with van der Waals surface area (Å²) in [6.07, 6.45) is 5.36. The lowest BCUT2D eigenvalue weighted by atomic mass is 9.96.